The van der Waals surface area contributed by atoms with E-state index in [9.17, 15) is 4.79 Å². The van der Waals surface area contributed by atoms with Crippen LogP contribution in [0, 0.1) is 0 Å². The molecular weight excluding hydrogens is 300 g/mol. The highest BCUT2D eigenvalue weighted by molar-refractivity contribution is 5.91. The fourth-order valence-corrected chi connectivity index (χ4v) is 2.14. The van der Waals surface area contributed by atoms with E-state index >= 15 is 0 Å². The number of nitrogens with one attached hydrogen (secondary N) is 1. The zero-order chi connectivity index (χ0) is 17.4. The fraction of sp³-hybridized carbons (Fsp3) is 0.158. The Morgan fingerprint density at radius 2 is 1.96 bits per heavy atom. The maximum absolute atomic E-state index is 10.6. The van der Waals surface area contributed by atoms with E-state index in [0.717, 1.165) is 12.1 Å². The monoisotopic (exact) mass is 322 g/mol. The van der Waals surface area contributed by atoms with Crippen LogP contribution in [0.15, 0.2) is 67.0 Å². The van der Waals surface area contributed by atoms with Crippen LogP contribution in [0.5, 0.6) is 0 Å². The molecule has 1 amide bonds. The maximum atomic E-state index is 10.6. The Hall–Kier alpha value is -3.08. The first-order valence-corrected chi connectivity index (χ1v) is 7.81. The number of rotatable bonds is 3. The minimum absolute atomic E-state index is 0.108. The van der Waals surface area contributed by atoms with Crippen LogP contribution in [-0.4, -0.2) is 15.7 Å². The van der Waals surface area contributed by atoms with Gasteiger partial charge in [-0.15, -0.1) is 0 Å². The van der Waals surface area contributed by atoms with Crippen LogP contribution in [0.2, 0.25) is 0 Å². The van der Waals surface area contributed by atoms with E-state index in [0.29, 0.717) is 11.4 Å². The van der Waals surface area contributed by atoms with Gasteiger partial charge in [-0.05, 0) is 42.3 Å². The molecule has 0 fully saturated rings. The summed E-state index contributed by atoms with van der Waals surface area (Å²) in [4.78, 5) is 10.6. The van der Waals surface area contributed by atoms with Gasteiger partial charge in [0.2, 0.25) is 5.91 Å². The molecule has 0 saturated carbocycles. The summed E-state index contributed by atoms with van der Waals surface area (Å²) in [6.07, 6.45) is 4.81. The van der Waals surface area contributed by atoms with Gasteiger partial charge in [-0.2, -0.15) is 5.10 Å². The van der Waals surface area contributed by atoms with Crippen molar-refractivity contribution in [3.8, 4) is 5.69 Å². The number of para-hydroxylation sites is 2. The SMILES string of the molecule is CC(=O)Nc1ccccc1N.CCc1cccc(-n2cccn2)c1. The van der Waals surface area contributed by atoms with Crippen molar-refractivity contribution >= 4 is 17.3 Å². The van der Waals surface area contributed by atoms with Crippen molar-refractivity contribution in [2.45, 2.75) is 20.3 Å². The highest BCUT2D eigenvalue weighted by atomic mass is 16.1. The lowest BCUT2D eigenvalue weighted by molar-refractivity contribution is -0.114. The standard InChI is InChI=1S/C11H12N2.C8H10N2O/c1-2-10-5-3-6-11(9-10)13-8-4-7-12-13;1-6(11)10-8-5-3-2-4-7(8)9/h3-9H,2H2,1H3;2-5H,9H2,1H3,(H,10,11). The van der Waals surface area contributed by atoms with E-state index in [4.69, 9.17) is 5.73 Å². The van der Waals surface area contributed by atoms with Crippen molar-refractivity contribution in [2.24, 2.45) is 0 Å². The number of nitrogens with two attached hydrogens (primary N) is 1. The molecule has 0 aliphatic heterocycles. The predicted octanol–water partition coefficient (Wildman–Crippen LogP) is 3.66. The molecule has 0 spiro atoms. The number of hydrogen-bond donors (Lipinski definition) is 2. The molecule has 24 heavy (non-hydrogen) atoms. The number of benzene rings is 2. The molecule has 0 radical (unpaired) electrons. The van der Waals surface area contributed by atoms with Gasteiger partial charge in [-0.3, -0.25) is 4.79 Å². The second-order valence-corrected chi connectivity index (χ2v) is 5.24. The van der Waals surface area contributed by atoms with Gasteiger partial charge in [0, 0.05) is 19.3 Å². The molecule has 0 bridgehead atoms. The molecular formula is C19H22N4O. The largest absolute Gasteiger partial charge is 0.397 e. The van der Waals surface area contributed by atoms with Gasteiger partial charge < -0.3 is 11.1 Å². The summed E-state index contributed by atoms with van der Waals surface area (Å²) < 4.78 is 1.87. The number of carbonyl (C=O) groups is 1. The van der Waals surface area contributed by atoms with Crippen molar-refractivity contribution in [1.29, 1.82) is 0 Å². The molecule has 5 heteroatoms. The van der Waals surface area contributed by atoms with Gasteiger partial charge in [0.1, 0.15) is 0 Å². The number of aromatic nitrogens is 2. The number of nitrogen functional groups attached to an aromatic ring is 1. The lowest BCUT2D eigenvalue weighted by atomic mass is 10.1. The van der Waals surface area contributed by atoms with Gasteiger partial charge in [0.15, 0.2) is 0 Å². The quantitative estimate of drug-likeness (QED) is 0.723. The van der Waals surface area contributed by atoms with Crippen LogP contribution >= 0.6 is 0 Å². The number of carbonyl (C=O) groups excluding carboxylic acids is 1. The van der Waals surface area contributed by atoms with Crippen molar-refractivity contribution in [2.75, 3.05) is 11.1 Å². The topological polar surface area (TPSA) is 72.9 Å². The highest BCUT2D eigenvalue weighted by Crippen LogP contribution is 2.15. The minimum atomic E-state index is -0.108. The Morgan fingerprint density at radius 3 is 2.58 bits per heavy atom. The molecule has 5 nitrogen and oxygen atoms in total. The normalized spacial score (nSPS) is 9.75. The number of hydrogen-bond acceptors (Lipinski definition) is 3. The summed E-state index contributed by atoms with van der Waals surface area (Å²) in [6, 6.07) is 17.5. The molecule has 0 aliphatic carbocycles. The van der Waals surface area contributed by atoms with E-state index in [2.05, 4.69) is 41.6 Å². The van der Waals surface area contributed by atoms with Gasteiger partial charge in [-0.25, -0.2) is 4.68 Å². The molecule has 3 N–H and O–H groups in total. The predicted molar refractivity (Wildman–Crippen MR) is 98.1 cm³/mol. The zero-order valence-electron chi connectivity index (χ0n) is 13.9. The fourth-order valence-electron chi connectivity index (χ4n) is 2.14. The lowest BCUT2D eigenvalue weighted by Crippen LogP contribution is -2.07. The van der Waals surface area contributed by atoms with Crippen LogP contribution in [0.4, 0.5) is 11.4 Å². The Labute approximate surface area is 142 Å². The third-order valence-corrected chi connectivity index (χ3v) is 3.36. The second kappa shape index (κ2) is 8.53. The second-order valence-electron chi connectivity index (χ2n) is 5.24. The molecule has 0 atom stereocenters. The number of anilines is 2. The minimum Gasteiger partial charge on any atom is -0.397 e. The number of aryl methyl sites for hydroxylation is 1. The highest BCUT2D eigenvalue weighted by Gasteiger charge is 1.97. The summed E-state index contributed by atoms with van der Waals surface area (Å²) in [5.41, 5.74) is 9.28. The molecule has 2 aromatic carbocycles. The smallest absolute Gasteiger partial charge is 0.221 e. The van der Waals surface area contributed by atoms with E-state index < -0.39 is 0 Å². The summed E-state index contributed by atoms with van der Waals surface area (Å²) >= 11 is 0. The van der Waals surface area contributed by atoms with E-state index in [1.165, 1.54) is 12.5 Å². The van der Waals surface area contributed by atoms with Crippen molar-refractivity contribution in [1.82, 2.24) is 9.78 Å². The first kappa shape index (κ1) is 17.3. The molecule has 0 aliphatic rings. The van der Waals surface area contributed by atoms with E-state index in [-0.39, 0.29) is 5.91 Å². The molecule has 1 aromatic heterocycles. The van der Waals surface area contributed by atoms with E-state index in [1.54, 1.807) is 18.3 Å². The first-order chi connectivity index (χ1) is 11.6. The zero-order valence-corrected chi connectivity index (χ0v) is 13.9. The van der Waals surface area contributed by atoms with Gasteiger partial charge in [0.25, 0.3) is 0 Å². The molecule has 1 heterocycles. The molecule has 0 saturated heterocycles. The van der Waals surface area contributed by atoms with Crippen molar-refractivity contribution in [3.05, 3.63) is 72.6 Å². The summed E-state index contributed by atoms with van der Waals surface area (Å²) in [6.45, 7) is 3.61. The first-order valence-electron chi connectivity index (χ1n) is 7.81. The van der Waals surface area contributed by atoms with Crippen molar-refractivity contribution in [3.63, 3.8) is 0 Å². The van der Waals surface area contributed by atoms with Crippen molar-refractivity contribution < 1.29 is 4.79 Å². The van der Waals surface area contributed by atoms with Crippen LogP contribution in [-0.2, 0) is 11.2 Å². The molecule has 0 unspecified atom stereocenters. The Morgan fingerprint density at radius 1 is 1.17 bits per heavy atom. The van der Waals surface area contributed by atoms with Gasteiger partial charge in [0.05, 0.1) is 17.1 Å². The average molecular weight is 322 g/mol. The molecule has 124 valence electrons. The van der Waals surface area contributed by atoms with Crippen LogP contribution < -0.4 is 11.1 Å². The Balaban J connectivity index is 0.000000177. The molecule has 3 rings (SSSR count). The number of amides is 1. The third kappa shape index (κ3) is 4.98. The third-order valence-electron chi connectivity index (χ3n) is 3.36. The summed E-state index contributed by atoms with van der Waals surface area (Å²) in [5, 5.41) is 6.79. The van der Waals surface area contributed by atoms with Crippen LogP contribution in [0.25, 0.3) is 5.69 Å². The van der Waals surface area contributed by atoms with E-state index in [1.807, 2.05) is 29.1 Å². The average Bonchev–Trinajstić information content (AvgIpc) is 3.12. The Kier molecular flexibility index (Phi) is 6.14. The molecule has 3 aromatic rings. The number of nitrogens with zero attached hydrogens (tertiary/aromatic N) is 2. The van der Waals surface area contributed by atoms with Crippen LogP contribution in [0.3, 0.4) is 0 Å². The Bertz CT molecular complexity index is 782. The maximum Gasteiger partial charge on any atom is 0.221 e. The summed E-state index contributed by atoms with van der Waals surface area (Å²) in [7, 11) is 0. The van der Waals surface area contributed by atoms with Gasteiger partial charge in [-0.1, -0.05) is 31.2 Å². The van der Waals surface area contributed by atoms with Gasteiger partial charge >= 0.3 is 0 Å². The summed E-state index contributed by atoms with van der Waals surface area (Å²) in [5.74, 6) is -0.108. The lowest BCUT2D eigenvalue weighted by Gasteiger charge is -2.03. The van der Waals surface area contributed by atoms with Crippen LogP contribution in [0.1, 0.15) is 19.4 Å².